The molecule has 17 nitrogen and oxygen atoms in total. The van der Waals surface area contributed by atoms with Gasteiger partial charge in [-0.2, -0.15) is 0 Å². The van der Waals surface area contributed by atoms with Crippen molar-refractivity contribution in [2.24, 2.45) is 17.2 Å². The Balaban J connectivity index is 0.00000222. The first-order chi connectivity index (χ1) is 17.0. The van der Waals surface area contributed by atoms with E-state index < -0.39 is 112 Å². The van der Waals surface area contributed by atoms with Gasteiger partial charge in [0.2, 0.25) is 0 Å². The topological polar surface area (TPSA) is 303 Å². The summed E-state index contributed by atoms with van der Waals surface area (Å²) in [5, 5.41) is 79.6. The van der Waals surface area contributed by atoms with E-state index in [2.05, 4.69) is 0 Å². The maximum atomic E-state index is 10.8. The molecule has 208 valence electrons. The van der Waals surface area contributed by atoms with Crippen molar-refractivity contribution < 1.29 is 86.4 Å². The molecule has 2 unspecified atom stereocenters. The van der Waals surface area contributed by atoms with Gasteiger partial charge >= 0.3 is 21.8 Å². The van der Waals surface area contributed by atoms with Crippen LogP contribution in [0.2, 0.25) is 0 Å². The second kappa shape index (κ2) is 14.2. The van der Waals surface area contributed by atoms with Gasteiger partial charge in [-0.05, 0) is 0 Å². The number of hydrogen-bond donors (Lipinski definition) is 11. The molecule has 0 aromatic carbocycles. The van der Waals surface area contributed by atoms with Crippen molar-refractivity contribution in [3.05, 3.63) is 0 Å². The van der Waals surface area contributed by atoms with E-state index in [1.165, 1.54) is 0 Å². The first-order valence-electron chi connectivity index (χ1n) is 11.1. The van der Waals surface area contributed by atoms with Crippen LogP contribution >= 0.6 is 0 Å². The van der Waals surface area contributed by atoms with E-state index in [1.807, 2.05) is 0 Å². The molecule has 3 aliphatic heterocycles. The van der Waals surface area contributed by atoms with Crippen molar-refractivity contribution in [1.82, 2.24) is 0 Å². The predicted molar refractivity (Wildman–Crippen MR) is 108 cm³/mol. The Labute approximate surface area is 215 Å². The molecular weight excluding hydrogens is 548 g/mol. The molecule has 0 aromatic heterocycles. The molecule has 15 atom stereocenters. The Bertz CT molecular complexity index is 669. The van der Waals surface area contributed by atoms with Gasteiger partial charge in [0.05, 0.1) is 37.9 Å². The fourth-order valence-corrected chi connectivity index (χ4v) is 4.18. The number of nitrogens with two attached hydrogens (primary N) is 3. The Kier molecular flexibility index (Phi) is 12.7. The van der Waals surface area contributed by atoms with Gasteiger partial charge in [-0.25, -0.2) is 0 Å². The van der Waals surface area contributed by atoms with E-state index in [-0.39, 0.29) is 18.3 Å². The van der Waals surface area contributed by atoms with Crippen LogP contribution in [0.5, 0.6) is 0 Å². The van der Waals surface area contributed by atoms with Crippen molar-refractivity contribution in [3.63, 3.8) is 0 Å². The number of rotatable bonds is 7. The van der Waals surface area contributed by atoms with Crippen LogP contribution < -0.4 is 17.2 Å². The SMILES string of the molecule is N[C@H]1[C@H](OC2[C@@H](CO)O[C@@H](OC3[C@@H](CO)O[C@@H](O)[C@H](N)[C@H]3O)[C@H](N)[C@H]2O)O[C@H](CO)[C@@H](O)[C@@H]1O.[O]=[Zn]. The van der Waals surface area contributed by atoms with Crippen LogP contribution in [0.1, 0.15) is 0 Å². The zero-order valence-electron chi connectivity index (χ0n) is 19.2. The molecule has 3 rings (SSSR count). The molecule has 14 N–H and O–H groups in total. The first-order valence-corrected chi connectivity index (χ1v) is 12.3. The van der Waals surface area contributed by atoms with Gasteiger partial charge < -0.3 is 81.7 Å². The fraction of sp³-hybridized carbons (Fsp3) is 1.00. The number of ether oxygens (including phenoxy) is 5. The van der Waals surface area contributed by atoms with Crippen molar-refractivity contribution in [3.8, 4) is 0 Å². The maximum absolute atomic E-state index is 10.8. The second-order valence-corrected chi connectivity index (χ2v) is 8.59. The minimum absolute atomic E-state index is 0.125. The molecule has 0 radical (unpaired) electrons. The molecular formula is C18H35N3O14Zn. The minimum atomic E-state index is -1.56. The standard InChI is InChI=1S/C18H35N3O13.O.Zn/c19-7-12(27)14(5(2-23)30-16(7)29)33-18-9(21)13(28)15(6(3-24)32-18)34-17-8(20)11(26)10(25)4(1-22)31-17;;/h4-18,22-29H,1-3,19-21H2;;/t4-,5-,6-,7-,8-,9-,10-,11-,12-,13-,14?,15?,16-,17+,18+;;/m1../s1. The Morgan fingerprint density at radius 1 is 0.583 bits per heavy atom. The summed E-state index contributed by atoms with van der Waals surface area (Å²) in [6, 6.07) is -3.87. The summed E-state index contributed by atoms with van der Waals surface area (Å²) in [6.07, 6.45) is -16.8. The van der Waals surface area contributed by atoms with E-state index in [4.69, 9.17) is 44.5 Å². The van der Waals surface area contributed by atoms with Gasteiger partial charge in [0.25, 0.3) is 0 Å². The molecule has 0 aromatic rings. The summed E-state index contributed by atoms with van der Waals surface area (Å²) < 4.78 is 35.8. The van der Waals surface area contributed by atoms with Gasteiger partial charge in [0.1, 0.15) is 54.9 Å². The van der Waals surface area contributed by atoms with E-state index in [9.17, 15) is 40.9 Å². The molecule has 0 spiro atoms. The number of aliphatic hydroxyl groups is 8. The summed E-state index contributed by atoms with van der Waals surface area (Å²) in [4.78, 5) is 0. The summed E-state index contributed by atoms with van der Waals surface area (Å²) >= 11 is 0.125. The van der Waals surface area contributed by atoms with E-state index >= 15 is 0 Å². The molecule has 0 aliphatic carbocycles. The monoisotopic (exact) mass is 581 g/mol. The van der Waals surface area contributed by atoms with Gasteiger partial charge in [-0.1, -0.05) is 0 Å². The quantitative estimate of drug-likeness (QED) is 0.124. The van der Waals surface area contributed by atoms with Crippen LogP contribution in [-0.2, 0) is 45.5 Å². The average Bonchev–Trinajstić information content (AvgIpc) is 2.89. The van der Waals surface area contributed by atoms with Gasteiger partial charge in [-0.15, -0.1) is 0 Å². The van der Waals surface area contributed by atoms with Gasteiger partial charge in [0.15, 0.2) is 18.9 Å². The van der Waals surface area contributed by atoms with Crippen LogP contribution in [0.3, 0.4) is 0 Å². The van der Waals surface area contributed by atoms with E-state index in [0.717, 1.165) is 0 Å². The van der Waals surface area contributed by atoms with Gasteiger partial charge in [-0.3, -0.25) is 0 Å². The molecule has 36 heavy (non-hydrogen) atoms. The number of hydrogen-bond acceptors (Lipinski definition) is 17. The molecule has 3 aliphatic rings. The fourth-order valence-electron chi connectivity index (χ4n) is 4.18. The van der Waals surface area contributed by atoms with E-state index in [1.54, 1.807) is 0 Å². The number of aliphatic hydroxyl groups excluding tert-OH is 8. The Hall–Kier alpha value is -0.217. The molecule has 0 bridgehead atoms. The normalized spacial score (nSPS) is 49.8. The Morgan fingerprint density at radius 3 is 1.44 bits per heavy atom. The average molecular weight is 583 g/mol. The third-order valence-electron chi connectivity index (χ3n) is 6.33. The zero-order chi connectivity index (χ0) is 27.3. The third kappa shape index (κ3) is 6.67. The second-order valence-electron chi connectivity index (χ2n) is 8.59. The van der Waals surface area contributed by atoms with Crippen molar-refractivity contribution >= 4 is 0 Å². The summed E-state index contributed by atoms with van der Waals surface area (Å²) in [7, 11) is 0. The van der Waals surface area contributed by atoms with Crippen molar-refractivity contribution in [1.29, 1.82) is 0 Å². The van der Waals surface area contributed by atoms with Crippen molar-refractivity contribution in [2.75, 3.05) is 19.8 Å². The summed E-state index contributed by atoms with van der Waals surface area (Å²) in [6.45, 7) is -2.00. The van der Waals surface area contributed by atoms with Crippen LogP contribution in [0.15, 0.2) is 0 Å². The first kappa shape index (κ1) is 32.0. The zero-order valence-corrected chi connectivity index (χ0v) is 22.2. The van der Waals surface area contributed by atoms with Crippen LogP contribution in [0.25, 0.3) is 0 Å². The van der Waals surface area contributed by atoms with Crippen molar-refractivity contribution in [2.45, 2.75) is 91.9 Å². The van der Waals surface area contributed by atoms with Crippen LogP contribution in [0.4, 0.5) is 0 Å². The third-order valence-corrected chi connectivity index (χ3v) is 6.33. The molecule has 0 saturated carbocycles. The molecule has 3 saturated heterocycles. The molecule has 0 amide bonds. The van der Waals surface area contributed by atoms with Crippen LogP contribution in [0, 0.1) is 0 Å². The van der Waals surface area contributed by atoms with E-state index in [0.29, 0.717) is 0 Å². The predicted octanol–water partition coefficient (Wildman–Crippen LogP) is -7.80. The summed E-state index contributed by atoms with van der Waals surface area (Å²) in [5.41, 5.74) is 17.6. The van der Waals surface area contributed by atoms with Gasteiger partial charge in [0, 0.05) is 0 Å². The van der Waals surface area contributed by atoms with Crippen LogP contribution in [-0.4, -0.2) is 153 Å². The Morgan fingerprint density at radius 2 is 0.972 bits per heavy atom. The molecule has 18 heteroatoms. The molecule has 3 fully saturated rings. The molecule has 3 heterocycles. The summed E-state index contributed by atoms with van der Waals surface area (Å²) in [5.74, 6) is 0.